The van der Waals surface area contributed by atoms with E-state index < -0.39 is 121 Å². The minimum atomic E-state index is -1.82. The van der Waals surface area contributed by atoms with Gasteiger partial charge in [0.15, 0.2) is 24.0 Å². The van der Waals surface area contributed by atoms with Crippen molar-refractivity contribution in [3.05, 3.63) is 143 Å². The number of nitrogens with zero attached hydrogens (tertiary/aromatic N) is 6. The summed E-state index contributed by atoms with van der Waals surface area (Å²) in [7, 11) is 2.41. The summed E-state index contributed by atoms with van der Waals surface area (Å²) in [6.45, 7) is -0.756. The summed E-state index contributed by atoms with van der Waals surface area (Å²) in [6, 6.07) is 13.9. The maximum atomic E-state index is 14.5. The number of aromatic nitrogens is 6. The van der Waals surface area contributed by atoms with E-state index in [0.717, 1.165) is 21.8 Å². The lowest BCUT2D eigenvalue weighted by Gasteiger charge is -2.42. The fourth-order valence-electron chi connectivity index (χ4n) is 10.1. The van der Waals surface area contributed by atoms with E-state index in [0.29, 0.717) is 22.3 Å². The topological polar surface area (TPSA) is 435 Å². The van der Waals surface area contributed by atoms with E-state index in [4.69, 9.17) is 18.9 Å². The molecule has 12 rings (SSSR count). The third-order valence-electron chi connectivity index (χ3n) is 14.8. The summed E-state index contributed by atoms with van der Waals surface area (Å²) in [5.74, 6) is -5.91. The second-order valence-corrected chi connectivity index (χ2v) is 20.9. The molecule has 30 heteroatoms. The van der Waals surface area contributed by atoms with Gasteiger partial charge in [0.2, 0.25) is 23.6 Å². The minimum Gasteiger partial charge on any atom is -0.508 e. The van der Waals surface area contributed by atoms with Gasteiger partial charge in [0.25, 0.3) is 11.8 Å². The van der Waals surface area contributed by atoms with E-state index in [1.54, 1.807) is 0 Å². The molecule has 6 aromatic rings. The van der Waals surface area contributed by atoms with Crippen molar-refractivity contribution in [1.29, 1.82) is 0 Å². The molecule has 14 N–H and O–H groups in total. The first-order chi connectivity index (χ1) is 41.2. The summed E-state index contributed by atoms with van der Waals surface area (Å²) in [4.78, 5) is 86.2. The molecule has 0 saturated carbocycles. The van der Waals surface area contributed by atoms with Crippen LogP contribution in [-0.4, -0.2) is 206 Å². The summed E-state index contributed by atoms with van der Waals surface area (Å²) in [5.41, 5.74) is 1.09. The molecule has 2 saturated heterocycles. The quantitative estimate of drug-likeness (QED) is 0.0639. The van der Waals surface area contributed by atoms with Crippen molar-refractivity contribution in [3.8, 4) is 23.0 Å². The Bertz CT molecular complexity index is 3110. The monoisotopic (exact) mass is 1190 g/mol. The second-order valence-electron chi connectivity index (χ2n) is 20.9. The number of nitrogens with one attached hydrogen (secondary N) is 6. The number of aromatic hydroxyl groups is 4. The standard InChI is InChI=1S/C56H64N12O18/c1-83-55-43-47(75)45(73)41(85-55)25-67-23-39(63-65-67)53(81)60-36(20-28-5-13-32(70)14-6-28)50(78)58-38(22-30-9-17-34(72)18-10-30)52(80)62-44-48(76)46(74)42(86-56(44)84-2)26-68-24-40(64-66-68)54(82)59-35(19-27-3-11-31(69)12-4-27)49(77)57-37(51(79)61-43)21-29-7-15-33(71)16-8-29/h3-18,23-24,35-38,41-48,55-56,69-76H,19-22,25-26H2,1-2H3,(H,57,77)(H,58,78)(H,59,82)(H,60,81)(H,61,79)(H,62,80)/t35-,36-,37-,38-,41+,42+,43+,44+,45+,46+,47+,48+,55+,56+/m0/s1. The Hall–Kier alpha value is -9.14. The first kappa shape index (κ1) is 61.4. The first-order valence-electron chi connectivity index (χ1n) is 27.1. The molecule has 6 aliphatic heterocycles. The van der Waals surface area contributed by atoms with E-state index >= 15 is 0 Å². The molecule has 0 radical (unpaired) electrons. The van der Waals surface area contributed by atoms with Crippen molar-refractivity contribution in [2.75, 3.05) is 14.2 Å². The highest BCUT2D eigenvalue weighted by atomic mass is 16.7. The van der Waals surface area contributed by atoms with Gasteiger partial charge in [-0.3, -0.25) is 28.8 Å². The number of carbonyl (C=O) groups excluding carboxylic acids is 6. The highest BCUT2D eigenvalue weighted by Gasteiger charge is 2.48. The molecule has 6 aliphatic rings. The smallest absolute Gasteiger partial charge is 0.274 e. The Morgan fingerprint density at radius 1 is 0.430 bits per heavy atom. The van der Waals surface area contributed by atoms with Crippen LogP contribution in [0, 0.1) is 0 Å². The number of phenolic OH excluding ortho intramolecular Hbond substituents is 4. The van der Waals surface area contributed by atoms with Crippen molar-refractivity contribution in [2.45, 2.75) is 124 Å². The normalized spacial score (nSPS) is 28.2. The van der Waals surface area contributed by atoms with Crippen LogP contribution in [0.3, 0.4) is 0 Å². The Labute approximate surface area is 489 Å². The lowest BCUT2D eigenvalue weighted by molar-refractivity contribution is -0.259. The zero-order valence-electron chi connectivity index (χ0n) is 46.1. The van der Waals surface area contributed by atoms with Gasteiger partial charge in [-0.25, -0.2) is 9.36 Å². The van der Waals surface area contributed by atoms with Gasteiger partial charge in [0.1, 0.15) is 95.9 Å². The summed E-state index contributed by atoms with van der Waals surface area (Å²) >= 11 is 0. The number of amides is 6. The Kier molecular flexibility index (Phi) is 19.5. The second kappa shape index (κ2) is 27.3. The molecule has 0 spiro atoms. The Morgan fingerprint density at radius 3 is 1.00 bits per heavy atom. The van der Waals surface area contributed by atoms with Gasteiger partial charge in [0.05, 0.1) is 25.5 Å². The predicted molar refractivity (Wildman–Crippen MR) is 293 cm³/mol. The van der Waals surface area contributed by atoms with Crippen LogP contribution < -0.4 is 31.9 Å². The number of ether oxygens (including phenoxy) is 4. The molecular weight excluding hydrogens is 1130 g/mol. The number of rotatable bonds is 10. The molecule has 456 valence electrons. The zero-order chi connectivity index (χ0) is 61.3. The SMILES string of the molecule is CO[C@@H]1O[C@@H]2Cn3cc(nn3)C(=O)N[C@@H](Cc3ccc(O)cc3)C(=O)N[C@@H](Cc3ccc(O)cc3)C(=O)N[C@H]3[C@H](OC)O[C@H](Cn4cc(nn4)C(=O)N[C@@H](Cc4ccc(O)cc4)C(=O)N[C@@H](Cc4ccc(O)cc4)C(=O)N[C@@H]1[C@@H](O)[C@@H]2O)[C@@H](O)[C@@H]3O. The third-order valence-corrected chi connectivity index (χ3v) is 14.8. The summed E-state index contributed by atoms with van der Waals surface area (Å²) in [5, 5.41) is 118. The van der Waals surface area contributed by atoms with Gasteiger partial charge in [-0.05, 0) is 70.8 Å². The average molecular weight is 1190 g/mol. The molecule has 6 amide bonds. The number of carbonyl (C=O) groups is 6. The number of phenols is 4. The molecule has 30 nitrogen and oxygen atoms in total. The van der Waals surface area contributed by atoms with Crippen LogP contribution in [0.15, 0.2) is 109 Å². The van der Waals surface area contributed by atoms with E-state index in [1.165, 1.54) is 111 Å². The molecular formula is C56H64N12O18. The highest BCUT2D eigenvalue weighted by Crippen LogP contribution is 2.26. The van der Waals surface area contributed by atoms with Crippen molar-refractivity contribution >= 4 is 35.4 Å². The Morgan fingerprint density at radius 2 is 0.709 bits per heavy atom. The number of hydrogen-bond donors (Lipinski definition) is 14. The van der Waals surface area contributed by atoms with Crippen molar-refractivity contribution < 1.29 is 88.6 Å². The molecule has 8 bridgehead atoms. The van der Waals surface area contributed by atoms with Crippen LogP contribution in [0.5, 0.6) is 23.0 Å². The fourth-order valence-corrected chi connectivity index (χ4v) is 10.1. The van der Waals surface area contributed by atoms with E-state index in [1.807, 2.05) is 0 Å². The van der Waals surface area contributed by atoms with Crippen LogP contribution >= 0.6 is 0 Å². The molecule has 86 heavy (non-hydrogen) atoms. The summed E-state index contributed by atoms with van der Waals surface area (Å²) < 4.78 is 25.5. The molecule has 4 aromatic carbocycles. The van der Waals surface area contributed by atoms with Crippen LogP contribution in [0.2, 0.25) is 0 Å². The van der Waals surface area contributed by atoms with Crippen molar-refractivity contribution in [3.63, 3.8) is 0 Å². The van der Waals surface area contributed by atoms with Crippen LogP contribution in [-0.2, 0) is 76.9 Å². The van der Waals surface area contributed by atoms with Gasteiger partial charge in [-0.1, -0.05) is 59.0 Å². The zero-order valence-corrected chi connectivity index (χ0v) is 46.1. The Balaban J connectivity index is 1.05. The fraction of sp³-hybridized carbons (Fsp3) is 0.393. The largest absolute Gasteiger partial charge is 0.508 e. The highest BCUT2D eigenvalue weighted by molar-refractivity contribution is 5.98. The van der Waals surface area contributed by atoms with Crippen molar-refractivity contribution in [1.82, 2.24) is 61.9 Å². The predicted octanol–water partition coefficient (Wildman–Crippen LogP) is -3.30. The minimum absolute atomic E-state index is 0.0899. The summed E-state index contributed by atoms with van der Waals surface area (Å²) in [6.07, 6.45) is -11.4. The van der Waals surface area contributed by atoms with Gasteiger partial charge in [0, 0.05) is 39.9 Å². The molecule has 8 heterocycles. The lowest BCUT2D eigenvalue weighted by Crippen LogP contribution is -2.66. The van der Waals surface area contributed by atoms with E-state index in [-0.39, 0.29) is 73.2 Å². The lowest BCUT2D eigenvalue weighted by atomic mass is 9.95. The maximum absolute atomic E-state index is 14.5. The molecule has 0 unspecified atom stereocenters. The number of aliphatic hydroxyl groups is 4. The number of benzene rings is 4. The van der Waals surface area contributed by atoms with E-state index in [9.17, 15) is 69.6 Å². The molecule has 2 fully saturated rings. The average Bonchev–Trinajstić information content (AvgIpc) is 1.94. The van der Waals surface area contributed by atoms with Gasteiger partial charge < -0.3 is 91.7 Å². The molecule has 14 atom stereocenters. The van der Waals surface area contributed by atoms with Gasteiger partial charge in [-0.15, -0.1) is 10.2 Å². The first-order valence-corrected chi connectivity index (χ1v) is 27.1. The third kappa shape index (κ3) is 15.0. The van der Waals surface area contributed by atoms with Crippen LogP contribution in [0.4, 0.5) is 0 Å². The van der Waals surface area contributed by atoms with Gasteiger partial charge >= 0.3 is 0 Å². The van der Waals surface area contributed by atoms with Gasteiger partial charge in [-0.2, -0.15) is 0 Å². The molecule has 2 aromatic heterocycles. The van der Waals surface area contributed by atoms with Crippen molar-refractivity contribution in [2.24, 2.45) is 0 Å². The molecule has 0 aliphatic carbocycles. The van der Waals surface area contributed by atoms with E-state index in [2.05, 4.69) is 52.5 Å². The number of hydrogen-bond acceptors (Lipinski definition) is 22. The maximum Gasteiger partial charge on any atom is 0.274 e. The number of aliphatic hydroxyl groups excluding tert-OH is 4. The van der Waals surface area contributed by atoms with Crippen LogP contribution in [0.25, 0.3) is 0 Å². The number of methoxy groups -OCH3 is 2. The van der Waals surface area contributed by atoms with Crippen LogP contribution in [0.1, 0.15) is 43.2 Å².